The molecule has 2 aromatic heterocycles. The highest BCUT2D eigenvalue weighted by molar-refractivity contribution is 5.86. The van der Waals surface area contributed by atoms with Crippen LogP contribution >= 0.6 is 0 Å². The Morgan fingerprint density at radius 1 is 1.20 bits per heavy atom. The maximum Gasteiger partial charge on any atom is 0.280 e. The van der Waals surface area contributed by atoms with Crippen LogP contribution < -0.4 is 38.1 Å². The largest absolute Gasteiger partial charge is 0.387 e. The van der Waals surface area contributed by atoms with Gasteiger partial charge in [-0.3, -0.25) is 28.7 Å². The number of carbonyl (C=O) groups is 1. The number of aromatic nitrogens is 4. The summed E-state index contributed by atoms with van der Waals surface area (Å²) in [7, 11) is 0. The third-order valence-electron chi connectivity index (χ3n) is 5.59. The minimum atomic E-state index is -1.41. The number of carbonyl (C=O) groups excluding carboxylic acids is 1. The highest BCUT2D eigenvalue weighted by Crippen LogP contribution is 2.31. The average Bonchev–Trinajstić information content (AvgIpc) is 3.38. The lowest BCUT2D eigenvalue weighted by molar-refractivity contribution is -0.116. The Morgan fingerprint density at radius 2 is 1.91 bits per heavy atom. The van der Waals surface area contributed by atoms with E-state index in [4.69, 9.17) is 10.5 Å². The smallest absolute Gasteiger partial charge is 0.280 e. The second-order valence-corrected chi connectivity index (χ2v) is 7.89. The molecule has 4 rings (SSSR count). The summed E-state index contributed by atoms with van der Waals surface area (Å²) in [5, 5.41) is 29.2. The van der Waals surface area contributed by atoms with Gasteiger partial charge >= 0.3 is 0 Å². The van der Waals surface area contributed by atoms with Crippen molar-refractivity contribution in [2.45, 2.75) is 31.0 Å². The number of anilines is 3. The predicted molar refractivity (Wildman–Crippen MR) is 125 cm³/mol. The van der Waals surface area contributed by atoms with Gasteiger partial charge in [-0.1, -0.05) is 6.58 Å². The van der Waals surface area contributed by atoms with E-state index in [0.29, 0.717) is 19.5 Å². The highest BCUT2D eigenvalue weighted by atomic mass is 16.6. The number of nitrogens with two attached hydrogens (primary N) is 1. The summed E-state index contributed by atoms with van der Waals surface area (Å²) in [6.45, 7) is 3.92. The molecule has 0 aliphatic carbocycles. The van der Waals surface area contributed by atoms with Crippen molar-refractivity contribution in [1.82, 2.24) is 24.8 Å². The number of nitrogens with zero attached hydrogens (tertiary/aromatic N) is 3. The van der Waals surface area contributed by atoms with E-state index >= 15 is 0 Å². The molecule has 1 aliphatic rings. The molecule has 8 N–H and O–H groups in total. The molecule has 0 spiro atoms. The zero-order valence-corrected chi connectivity index (χ0v) is 18.4. The number of H-pyrrole nitrogens is 1. The summed E-state index contributed by atoms with van der Waals surface area (Å²) in [5.41, 5.74) is 3.78. The topological polar surface area (TPSA) is 227 Å². The van der Waals surface area contributed by atoms with Gasteiger partial charge in [-0.15, -0.1) is 0 Å². The fourth-order valence-corrected chi connectivity index (χ4v) is 3.77. The molecule has 3 aromatic rings. The Balaban J connectivity index is 1.39. The Morgan fingerprint density at radius 3 is 2.63 bits per heavy atom. The van der Waals surface area contributed by atoms with Crippen LogP contribution in [0.1, 0.15) is 12.6 Å². The van der Waals surface area contributed by atoms with Crippen LogP contribution in [0.3, 0.4) is 0 Å². The summed E-state index contributed by atoms with van der Waals surface area (Å²) in [4.78, 5) is 57.3. The second kappa shape index (κ2) is 9.65. The van der Waals surface area contributed by atoms with E-state index in [9.17, 15) is 29.4 Å². The molecule has 35 heavy (non-hydrogen) atoms. The minimum absolute atomic E-state index is 0.0189. The van der Waals surface area contributed by atoms with Crippen molar-refractivity contribution in [2.24, 2.45) is 0 Å². The number of fused-ring (bicyclic) bond motifs is 1. The van der Waals surface area contributed by atoms with Crippen LogP contribution in [0.2, 0.25) is 0 Å². The number of nitrogen functional groups attached to an aromatic ring is 1. The number of aliphatic hydroxyl groups excluding tert-OH is 2. The zero-order chi connectivity index (χ0) is 25.3. The molecule has 1 fully saturated rings. The number of amides is 1. The minimum Gasteiger partial charge on any atom is -0.387 e. The number of hydrogen-bond acceptors (Lipinski definition) is 12. The van der Waals surface area contributed by atoms with Gasteiger partial charge in [0.15, 0.2) is 17.4 Å². The summed E-state index contributed by atoms with van der Waals surface area (Å²) in [6, 6.07) is 0. The van der Waals surface area contributed by atoms with Gasteiger partial charge in [0.05, 0.1) is 6.33 Å². The van der Waals surface area contributed by atoms with Gasteiger partial charge in [-0.25, -0.2) is 4.98 Å². The molecule has 1 amide bonds. The van der Waals surface area contributed by atoms with Gasteiger partial charge in [-0.2, -0.15) is 4.98 Å². The van der Waals surface area contributed by atoms with E-state index in [2.05, 4.69) is 37.5 Å². The highest BCUT2D eigenvalue weighted by Gasteiger charge is 2.44. The van der Waals surface area contributed by atoms with E-state index in [1.807, 2.05) is 0 Å². The first-order valence-corrected chi connectivity index (χ1v) is 10.7. The number of ether oxygens (including phenoxy) is 1. The summed E-state index contributed by atoms with van der Waals surface area (Å²) >= 11 is 0. The summed E-state index contributed by atoms with van der Waals surface area (Å²) < 4.78 is 7.04. The molecule has 3 heterocycles. The fraction of sp³-hybridized carbons (Fsp3) is 0.400. The third kappa shape index (κ3) is 4.51. The number of imidazole rings is 1. The SMILES string of the molecule is C=CC(=O)NCCCNc1c(NC[C@H]2O[C@H](n3cnc4c(=O)[nH]c(N)nc43)[C@H](O)[C@@H]2O)c(=O)c1=O. The van der Waals surface area contributed by atoms with Crippen molar-refractivity contribution in [3.05, 3.63) is 49.8 Å². The summed E-state index contributed by atoms with van der Waals surface area (Å²) in [5.74, 6) is -0.467. The maximum absolute atomic E-state index is 12.0. The predicted octanol–water partition coefficient (Wildman–Crippen LogP) is -2.87. The lowest BCUT2D eigenvalue weighted by Gasteiger charge is -2.19. The molecule has 15 nitrogen and oxygen atoms in total. The molecule has 0 bridgehead atoms. The third-order valence-corrected chi connectivity index (χ3v) is 5.59. The van der Waals surface area contributed by atoms with Crippen molar-refractivity contribution in [3.63, 3.8) is 0 Å². The molecule has 1 aliphatic heterocycles. The normalized spacial score (nSPS) is 21.9. The van der Waals surface area contributed by atoms with Crippen molar-refractivity contribution < 1.29 is 19.7 Å². The first-order valence-electron chi connectivity index (χ1n) is 10.7. The van der Waals surface area contributed by atoms with Gasteiger partial charge in [0.25, 0.3) is 16.4 Å². The molecule has 1 saturated heterocycles. The maximum atomic E-state index is 12.0. The zero-order valence-electron chi connectivity index (χ0n) is 18.4. The molecule has 0 unspecified atom stereocenters. The monoisotopic (exact) mass is 488 g/mol. The second-order valence-electron chi connectivity index (χ2n) is 7.89. The number of nitrogens with one attached hydrogen (secondary N) is 4. The van der Waals surface area contributed by atoms with Crippen molar-refractivity contribution in [2.75, 3.05) is 36.0 Å². The van der Waals surface area contributed by atoms with Crippen LogP contribution in [0.15, 0.2) is 33.4 Å². The molecule has 15 heteroatoms. The Hall–Kier alpha value is -4.08. The standard InChI is InChI=1S/C20H24N8O7/c1-2-9(29)22-4-3-5-23-10-11(15(32)14(10)31)24-6-8-13(30)16(33)19(35-8)28-7-25-12-17(28)26-20(21)27-18(12)34/h2,7-8,13,16,19,23-24,30,33H,1,3-6H2,(H,22,29)(H3,21,26,27,34)/t8-,13-,16-,19+/m1/s1. The first-order chi connectivity index (χ1) is 16.7. The van der Waals surface area contributed by atoms with Crippen molar-refractivity contribution in [1.29, 1.82) is 0 Å². The Kier molecular flexibility index (Phi) is 6.63. The Bertz CT molecular complexity index is 1390. The van der Waals surface area contributed by atoms with Crippen LogP contribution in [0.4, 0.5) is 17.3 Å². The average molecular weight is 488 g/mol. The van der Waals surface area contributed by atoms with Gasteiger partial charge in [0.2, 0.25) is 11.9 Å². The van der Waals surface area contributed by atoms with Gasteiger partial charge in [-0.05, 0) is 12.5 Å². The van der Waals surface area contributed by atoms with Crippen LogP contribution in [-0.2, 0) is 9.53 Å². The quantitative estimate of drug-likeness (QED) is 0.0868. The lowest BCUT2D eigenvalue weighted by atomic mass is 10.1. The van der Waals surface area contributed by atoms with Crippen molar-refractivity contribution >= 4 is 34.4 Å². The number of aliphatic hydroxyl groups is 2. The molecular weight excluding hydrogens is 464 g/mol. The fourth-order valence-electron chi connectivity index (χ4n) is 3.77. The van der Waals surface area contributed by atoms with Gasteiger partial charge < -0.3 is 36.6 Å². The number of hydrogen-bond donors (Lipinski definition) is 7. The van der Waals surface area contributed by atoms with E-state index in [1.165, 1.54) is 10.9 Å². The molecule has 4 atom stereocenters. The molecular formula is C20H24N8O7. The van der Waals surface area contributed by atoms with Crippen LogP contribution in [0.5, 0.6) is 0 Å². The van der Waals surface area contributed by atoms with E-state index < -0.39 is 41.0 Å². The van der Waals surface area contributed by atoms with E-state index in [1.54, 1.807) is 0 Å². The lowest BCUT2D eigenvalue weighted by Crippen LogP contribution is -2.41. The Labute approximate surface area is 196 Å². The van der Waals surface area contributed by atoms with Gasteiger partial charge in [0, 0.05) is 19.6 Å². The number of rotatable bonds is 10. The molecule has 0 radical (unpaired) electrons. The van der Waals surface area contributed by atoms with Crippen LogP contribution in [0.25, 0.3) is 11.2 Å². The molecule has 1 aromatic carbocycles. The van der Waals surface area contributed by atoms with Crippen LogP contribution in [0, 0.1) is 0 Å². The van der Waals surface area contributed by atoms with E-state index in [0.717, 1.165) is 6.08 Å². The first kappa shape index (κ1) is 24.1. The number of aromatic amines is 1. The van der Waals surface area contributed by atoms with Crippen molar-refractivity contribution in [3.8, 4) is 0 Å². The molecule has 186 valence electrons. The van der Waals surface area contributed by atoms with E-state index in [-0.39, 0.29) is 40.9 Å². The summed E-state index contributed by atoms with van der Waals surface area (Å²) in [6.07, 6.45) is -1.99. The van der Waals surface area contributed by atoms with Gasteiger partial charge in [0.1, 0.15) is 29.7 Å². The molecule has 0 saturated carbocycles. The van der Waals surface area contributed by atoms with Crippen LogP contribution in [-0.4, -0.2) is 73.6 Å².